The van der Waals surface area contributed by atoms with Crippen LogP contribution in [-0.4, -0.2) is 72.4 Å². The molecule has 1 aliphatic rings. The van der Waals surface area contributed by atoms with E-state index >= 15 is 0 Å². The molecule has 1 amide bonds. The van der Waals surface area contributed by atoms with Crippen LogP contribution in [0.1, 0.15) is 48.7 Å². The molecule has 1 aliphatic heterocycles. The van der Waals surface area contributed by atoms with Crippen molar-refractivity contribution >= 4 is 17.8 Å². The number of hydrogen-bond donors (Lipinski definition) is 3. The summed E-state index contributed by atoms with van der Waals surface area (Å²) in [5.74, 6) is -4.66. The van der Waals surface area contributed by atoms with Crippen molar-refractivity contribution in [1.29, 1.82) is 0 Å². The van der Waals surface area contributed by atoms with Gasteiger partial charge < -0.3 is 20.1 Å². The zero-order valence-corrected chi connectivity index (χ0v) is 19.8. The van der Waals surface area contributed by atoms with Crippen LogP contribution in [0.4, 0.5) is 26.3 Å². The summed E-state index contributed by atoms with van der Waals surface area (Å²) in [4.78, 5) is 41.0. The van der Waals surface area contributed by atoms with Crippen LogP contribution in [0.2, 0.25) is 0 Å². The number of amides is 1. The van der Waals surface area contributed by atoms with Crippen molar-refractivity contribution in [3.05, 3.63) is 47.8 Å². The van der Waals surface area contributed by atoms with Gasteiger partial charge in [0.1, 0.15) is 11.5 Å². The molecule has 3 N–H and O–H groups in total. The van der Waals surface area contributed by atoms with E-state index in [0.717, 1.165) is 25.5 Å². The summed E-state index contributed by atoms with van der Waals surface area (Å²) in [7, 11) is 0. The second kappa shape index (κ2) is 13.0. The van der Waals surface area contributed by atoms with E-state index < -0.39 is 24.3 Å². The van der Waals surface area contributed by atoms with Crippen molar-refractivity contribution in [2.45, 2.75) is 58.3 Å². The van der Waals surface area contributed by atoms with Crippen molar-refractivity contribution in [2.75, 3.05) is 6.54 Å². The van der Waals surface area contributed by atoms with Gasteiger partial charge >= 0.3 is 24.3 Å². The number of carbonyl (C=O) groups is 3. The van der Waals surface area contributed by atoms with Crippen molar-refractivity contribution < 1.29 is 50.9 Å². The van der Waals surface area contributed by atoms with Gasteiger partial charge in [-0.05, 0) is 32.4 Å². The van der Waals surface area contributed by atoms with Crippen LogP contribution in [0.3, 0.4) is 0 Å². The number of fused-ring (bicyclic) bond motifs is 1. The van der Waals surface area contributed by atoms with Crippen molar-refractivity contribution in [3.63, 3.8) is 0 Å². The normalized spacial score (nSPS) is 15.5. The summed E-state index contributed by atoms with van der Waals surface area (Å²) in [6, 6.07) is 4.33. The summed E-state index contributed by atoms with van der Waals surface area (Å²) in [5.41, 5.74) is 1.70. The van der Waals surface area contributed by atoms with Gasteiger partial charge in [-0.25, -0.2) is 14.6 Å². The second-order valence-electron chi connectivity index (χ2n) is 7.92. The molecule has 0 aliphatic carbocycles. The number of alkyl halides is 6. The molecule has 1 unspecified atom stereocenters. The molecule has 0 radical (unpaired) electrons. The third kappa shape index (κ3) is 10.4. The number of hydrogen-bond acceptors (Lipinski definition) is 6. The minimum Gasteiger partial charge on any atom is -0.475 e. The number of aliphatic carboxylic acids is 2. The number of rotatable bonds is 4. The van der Waals surface area contributed by atoms with Gasteiger partial charge in [0.25, 0.3) is 5.91 Å². The Morgan fingerprint density at radius 3 is 2.05 bits per heavy atom. The molecule has 0 spiro atoms. The first-order valence-electron chi connectivity index (χ1n) is 10.5. The van der Waals surface area contributed by atoms with Gasteiger partial charge in [-0.3, -0.25) is 14.7 Å². The molecule has 0 aromatic carbocycles. The highest BCUT2D eigenvalue weighted by molar-refractivity contribution is 5.92. The van der Waals surface area contributed by atoms with E-state index in [0.29, 0.717) is 5.69 Å². The van der Waals surface area contributed by atoms with E-state index in [2.05, 4.69) is 37.7 Å². The zero-order chi connectivity index (χ0) is 28.6. The Bertz CT molecular complexity index is 1030. The summed E-state index contributed by atoms with van der Waals surface area (Å²) >= 11 is 0. The molecule has 2 aromatic heterocycles. The van der Waals surface area contributed by atoms with E-state index in [4.69, 9.17) is 19.8 Å². The lowest BCUT2D eigenvalue weighted by molar-refractivity contribution is -0.193. The van der Waals surface area contributed by atoms with Crippen molar-refractivity contribution in [3.8, 4) is 0 Å². The maximum absolute atomic E-state index is 12.1. The third-order valence-electron chi connectivity index (χ3n) is 4.60. The topological polar surface area (TPSA) is 138 Å². The van der Waals surface area contributed by atoms with Gasteiger partial charge in [0.15, 0.2) is 0 Å². The van der Waals surface area contributed by atoms with Gasteiger partial charge in [0, 0.05) is 44.3 Å². The highest BCUT2D eigenvalue weighted by Crippen LogP contribution is 2.26. The van der Waals surface area contributed by atoms with Crippen LogP contribution in [0.5, 0.6) is 0 Å². The van der Waals surface area contributed by atoms with Crippen molar-refractivity contribution in [2.24, 2.45) is 0 Å². The molecule has 2 aromatic rings. The van der Waals surface area contributed by atoms with Gasteiger partial charge in [-0.1, -0.05) is 6.07 Å². The third-order valence-corrected chi connectivity index (χ3v) is 4.60. The van der Waals surface area contributed by atoms with E-state index in [1.165, 1.54) is 5.56 Å². The molecule has 0 bridgehead atoms. The molecule has 0 saturated heterocycles. The Labute approximate surface area is 206 Å². The number of imidazole rings is 1. The first-order valence-corrected chi connectivity index (χ1v) is 10.5. The van der Waals surface area contributed by atoms with E-state index in [1.807, 2.05) is 32.3 Å². The van der Waals surface area contributed by atoms with Gasteiger partial charge in [0.05, 0.1) is 6.04 Å². The SMILES string of the molecule is CC(C)NC(=O)c1cn2c(n1)C(C)N(Cc1cccnc1)CC2.O=C(O)C(F)(F)F.O=C(O)C(F)(F)F. The Morgan fingerprint density at radius 2 is 1.62 bits per heavy atom. The Morgan fingerprint density at radius 1 is 1.08 bits per heavy atom. The fraction of sp³-hybridized carbons (Fsp3) is 0.476. The number of nitrogens with one attached hydrogen (secondary N) is 1. The maximum Gasteiger partial charge on any atom is 0.490 e. The van der Waals surface area contributed by atoms with Crippen LogP contribution in [-0.2, 0) is 22.7 Å². The molecule has 3 heterocycles. The van der Waals surface area contributed by atoms with E-state index in [-0.39, 0.29) is 18.0 Å². The molecule has 3 rings (SSSR count). The van der Waals surface area contributed by atoms with Gasteiger partial charge in [-0.2, -0.15) is 26.3 Å². The molecule has 16 heteroatoms. The molecule has 1 atom stereocenters. The number of carboxylic acid groups (broad SMARTS) is 2. The summed E-state index contributed by atoms with van der Waals surface area (Å²) in [6.07, 6.45) is -4.62. The first-order chi connectivity index (χ1) is 16.9. The maximum atomic E-state index is 12.1. The Balaban J connectivity index is 0.000000404. The summed E-state index contributed by atoms with van der Waals surface area (Å²) < 4.78 is 65.6. The highest BCUT2D eigenvalue weighted by Gasteiger charge is 2.38. The number of nitrogens with zero attached hydrogens (tertiary/aromatic N) is 4. The molecule has 0 saturated carbocycles. The Hall–Kier alpha value is -3.69. The average molecular weight is 541 g/mol. The van der Waals surface area contributed by atoms with Crippen LogP contribution in [0.25, 0.3) is 0 Å². The van der Waals surface area contributed by atoms with Gasteiger partial charge in [0.2, 0.25) is 0 Å². The Kier molecular flexibility index (Phi) is 11.0. The van der Waals surface area contributed by atoms with E-state index in [1.54, 1.807) is 6.20 Å². The minimum absolute atomic E-state index is 0.104. The number of pyridine rings is 1. The standard InChI is InChI=1S/C17H23N5O.2C2HF3O2/c1-12(2)19-17(23)15-11-22-8-7-21(13(3)16(22)20-15)10-14-5-4-6-18-9-14;2*3-2(4,5)1(6)7/h4-6,9,11-13H,7-8,10H2,1-3H3,(H,19,23);2*(H,6,7). The summed E-state index contributed by atoms with van der Waals surface area (Å²) in [5, 5.41) is 17.1. The first kappa shape index (κ1) is 31.3. The smallest absolute Gasteiger partial charge is 0.475 e. The largest absolute Gasteiger partial charge is 0.490 e. The fourth-order valence-corrected chi connectivity index (χ4v) is 2.92. The summed E-state index contributed by atoms with van der Waals surface area (Å²) in [6.45, 7) is 8.67. The zero-order valence-electron chi connectivity index (χ0n) is 19.8. The average Bonchev–Trinajstić information content (AvgIpc) is 3.21. The van der Waals surface area contributed by atoms with E-state index in [9.17, 15) is 31.1 Å². The number of aromatic nitrogens is 3. The predicted molar refractivity (Wildman–Crippen MR) is 115 cm³/mol. The highest BCUT2D eigenvalue weighted by atomic mass is 19.4. The van der Waals surface area contributed by atoms with Crippen LogP contribution < -0.4 is 5.32 Å². The number of carboxylic acids is 2. The molecule has 10 nitrogen and oxygen atoms in total. The number of carbonyl (C=O) groups excluding carboxylic acids is 1. The van der Waals surface area contributed by atoms with Crippen LogP contribution in [0, 0.1) is 0 Å². The molecule has 37 heavy (non-hydrogen) atoms. The molecular formula is C21H25F6N5O5. The quantitative estimate of drug-likeness (QED) is 0.502. The lowest BCUT2D eigenvalue weighted by atomic mass is 10.1. The lowest BCUT2D eigenvalue weighted by Crippen LogP contribution is -2.36. The molecular weight excluding hydrogens is 516 g/mol. The molecule has 0 fully saturated rings. The predicted octanol–water partition coefficient (Wildman–Crippen LogP) is 3.26. The number of halogens is 6. The van der Waals surface area contributed by atoms with Crippen molar-refractivity contribution in [1.82, 2.24) is 24.8 Å². The monoisotopic (exact) mass is 541 g/mol. The fourth-order valence-electron chi connectivity index (χ4n) is 2.92. The molecule has 206 valence electrons. The van der Waals surface area contributed by atoms with Crippen LogP contribution >= 0.6 is 0 Å². The van der Waals surface area contributed by atoms with Crippen LogP contribution in [0.15, 0.2) is 30.7 Å². The lowest BCUT2D eigenvalue weighted by Gasteiger charge is -2.33. The second-order valence-corrected chi connectivity index (χ2v) is 7.92. The van der Waals surface area contributed by atoms with Gasteiger partial charge in [-0.15, -0.1) is 0 Å². The minimum atomic E-state index is -5.08.